The van der Waals surface area contributed by atoms with Gasteiger partial charge in [-0.25, -0.2) is 0 Å². The van der Waals surface area contributed by atoms with Gasteiger partial charge in [0.05, 0.1) is 19.3 Å². The van der Waals surface area contributed by atoms with E-state index in [0.29, 0.717) is 0 Å². The van der Waals surface area contributed by atoms with E-state index in [4.69, 9.17) is 9.47 Å². The van der Waals surface area contributed by atoms with E-state index in [2.05, 4.69) is 40.6 Å². The lowest BCUT2D eigenvalue weighted by molar-refractivity contribution is 0.242. The molecule has 3 aromatic rings. The molecule has 1 aliphatic rings. The normalized spacial score (nSPS) is 18.6. The van der Waals surface area contributed by atoms with Crippen LogP contribution in [0, 0.1) is 0 Å². The molecule has 0 amide bonds. The molecule has 28 heavy (non-hydrogen) atoms. The molecule has 0 unspecified atom stereocenters. The minimum Gasteiger partial charge on any atom is -0.497 e. The van der Waals surface area contributed by atoms with Crippen LogP contribution in [0.2, 0.25) is 0 Å². The Morgan fingerprint density at radius 3 is 2.46 bits per heavy atom. The van der Waals surface area contributed by atoms with Crippen molar-refractivity contribution in [1.82, 2.24) is 10.3 Å². The molecule has 4 rings (SSSR count). The van der Waals surface area contributed by atoms with Crippen LogP contribution in [-0.4, -0.2) is 18.2 Å². The molecule has 4 nitrogen and oxygen atoms in total. The van der Waals surface area contributed by atoms with Gasteiger partial charge in [-0.3, -0.25) is 10.3 Å². The van der Waals surface area contributed by atoms with E-state index < -0.39 is 0 Å². The number of benzene rings is 2. The summed E-state index contributed by atoms with van der Waals surface area (Å²) < 4.78 is 11.3. The first kappa shape index (κ1) is 18.5. The fraction of sp³-hybridized carbons (Fsp3) is 0.292. The molecule has 144 valence electrons. The molecule has 0 fully saturated rings. The molecule has 0 bridgehead atoms. The van der Waals surface area contributed by atoms with Gasteiger partial charge in [0.25, 0.3) is 0 Å². The predicted molar refractivity (Wildman–Crippen MR) is 111 cm³/mol. The van der Waals surface area contributed by atoms with E-state index in [1.807, 2.05) is 50.5 Å². The second kappa shape index (κ2) is 8.03. The van der Waals surface area contributed by atoms with Gasteiger partial charge < -0.3 is 9.47 Å². The van der Waals surface area contributed by atoms with Crippen molar-refractivity contribution in [2.75, 3.05) is 7.11 Å². The third-order valence-corrected chi connectivity index (χ3v) is 5.13. The van der Waals surface area contributed by atoms with E-state index in [9.17, 15) is 0 Å². The first-order valence-electron chi connectivity index (χ1n) is 9.73. The number of ether oxygens (including phenoxy) is 2. The summed E-state index contributed by atoms with van der Waals surface area (Å²) in [4.78, 5) is 4.31. The van der Waals surface area contributed by atoms with Crippen molar-refractivity contribution in [3.8, 4) is 11.5 Å². The Kier molecular flexibility index (Phi) is 5.31. The lowest BCUT2D eigenvalue weighted by Gasteiger charge is -2.34. The Balaban J connectivity index is 1.70. The molecule has 1 N–H and O–H groups in total. The molecule has 0 saturated heterocycles. The minimum atomic E-state index is 0.105. The van der Waals surface area contributed by atoms with E-state index in [1.54, 1.807) is 7.11 Å². The highest BCUT2D eigenvalue weighted by molar-refractivity contribution is 5.46. The highest BCUT2D eigenvalue weighted by Crippen LogP contribution is 2.37. The zero-order valence-corrected chi connectivity index (χ0v) is 16.6. The molecule has 4 heteroatoms. The van der Waals surface area contributed by atoms with Gasteiger partial charge in [0.1, 0.15) is 11.5 Å². The maximum atomic E-state index is 5.80. The molecule has 2 atom stereocenters. The van der Waals surface area contributed by atoms with Gasteiger partial charge in [0.15, 0.2) is 0 Å². The standard InChI is InChI=1S/C24H26N2O2/c1-16(2)28-20-8-6-17(7-9-20)24-22-11-10-21(27-3)13-19(22)14-23(26-24)18-5-4-12-25-15-18/h4-13,15-16,23-24,26H,14H2,1-3H3/t23-,24-/m0/s1. The summed E-state index contributed by atoms with van der Waals surface area (Å²) in [5.41, 5.74) is 5.01. The maximum absolute atomic E-state index is 5.80. The van der Waals surface area contributed by atoms with Crippen molar-refractivity contribution in [3.05, 3.63) is 89.2 Å². The van der Waals surface area contributed by atoms with Gasteiger partial charge in [-0.05, 0) is 72.9 Å². The molecule has 0 radical (unpaired) electrons. The molecular formula is C24H26N2O2. The Labute approximate surface area is 166 Å². The Morgan fingerprint density at radius 2 is 1.79 bits per heavy atom. The number of hydrogen-bond acceptors (Lipinski definition) is 4. The summed E-state index contributed by atoms with van der Waals surface area (Å²) in [6.07, 6.45) is 4.83. The summed E-state index contributed by atoms with van der Waals surface area (Å²) in [6, 6.07) is 19.2. The van der Waals surface area contributed by atoms with Gasteiger partial charge in [-0.1, -0.05) is 24.3 Å². The van der Waals surface area contributed by atoms with E-state index in [0.717, 1.165) is 17.9 Å². The summed E-state index contributed by atoms with van der Waals surface area (Å²) in [5.74, 6) is 1.79. The smallest absolute Gasteiger partial charge is 0.119 e. The van der Waals surface area contributed by atoms with Crippen molar-refractivity contribution in [1.29, 1.82) is 0 Å². The van der Waals surface area contributed by atoms with Crippen LogP contribution in [0.5, 0.6) is 11.5 Å². The first-order chi connectivity index (χ1) is 13.6. The first-order valence-corrected chi connectivity index (χ1v) is 9.73. The quantitative estimate of drug-likeness (QED) is 0.693. The lowest BCUT2D eigenvalue weighted by atomic mass is 9.84. The van der Waals surface area contributed by atoms with Gasteiger partial charge in [-0.2, -0.15) is 0 Å². The predicted octanol–water partition coefficient (Wildman–Crippen LogP) is 4.85. The molecule has 0 aliphatic carbocycles. The van der Waals surface area contributed by atoms with Crippen molar-refractivity contribution < 1.29 is 9.47 Å². The number of nitrogens with zero attached hydrogens (tertiary/aromatic N) is 1. The van der Waals surface area contributed by atoms with Crippen LogP contribution in [0.4, 0.5) is 0 Å². The molecule has 2 aromatic carbocycles. The van der Waals surface area contributed by atoms with Crippen LogP contribution in [0.15, 0.2) is 67.0 Å². The number of aromatic nitrogens is 1. The fourth-order valence-electron chi connectivity index (χ4n) is 3.82. The number of pyridine rings is 1. The number of hydrogen-bond donors (Lipinski definition) is 1. The van der Waals surface area contributed by atoms with Crippen LogP contribution in [0.25, 0.3) is 0 Å². The number of methoxy groups -OCH3 is 1. The van der Waals surface area contributed by atoms with Gasteiger partial charge in [0.2, 0.25) is 0 Å². The van der Waals surface area contributed by atoms with E-state index >= 15 is 0 Å². The molecule has 1 aliphatic heterocycles. The zero-order chi connectivity index (χ0) is 19.5. The van der Waals surface area contributed by atoms with Crippen LogP contribution < -0.4 is 14.8 Å². The van der Waals surface area contributed by atoms with Crippen LogP contribution in [-0.2, 0) is 6.42 Å². The molecule has 2 heterocycles. The lowest BCUT2D eigenvalue weighted by Crippen LogP contribution is -2.34. The largest absolute Gasteiger partial charge is 0.497 e. The third kappa shape index (κ3) is 3.87. The summed E-state index contributed by atoms with van der Waals surface area (Å²) in [7, 11) is 1.71. The van der Waals surface area contributed by atoms with Crippen LogP contribution >= 0.6 is 0 Å². The Bertz CT molecular complexity index is 923. The van der Waals surface area contributed by atoms with Crippen molar-refractivity contribution >= 4 is 0 Å². The molecule has 0 spiro atoms. The molecule has 1 aromatic heterocycles. The molecule has 0 saturated carbocycles. The number of fused-ring (bicyclic) bond motifs is 1. The molecular weight excluding hydrogens is 348 g/mol. The monoisotopic (exact) mass is 374 g/mol. The Hall–Kier alpha value is -2.85. The average Bonchev–Trinajstić information content (AvgIpc) is 2.73. The average molecular weight is 374 g/mol. The zero-order valence-electron chi connectivity index (χ0n) is 16.6. The Morgan fingerprint density at radius 1 is 1.00 bits per heavy atom. The highest BCUT2D eigenvalue weighted by atomic mass is 16.5. The summed E-state index contributed by atoms with van der Waals surface area (Å²) >= 11 is 0. The van der Waals surface area contributed by atoms with Gasteiger partial charge in [-0.15, -0.1) is 0 Å². The van der Waals surface area contributed by atoms with Gasteiger partial charge >= 0.3 is 0 Å². The van der Waals surface area contributed by atoms with Crippen LogP contribution in [0.1, 0.15) is 48.2 Å². The topological polar surface area (TPSA) is 43.4 Å². The second-order valence-electron chi connectivity index (χ2n) is 7.44. The highest BCUT2D eigenvalue weighted by Gasteiger charge is 2.28. The number of rotatable bonds is 5. The van der Waals surface area contributed by atoms with Crippen molar-refractivity contribution in [3.63, 3.8) is 0 Å². The minimum absolute atomic E-state index is 0.105. The van der Waals surface area contributed by atoms with Gasteiger partial charge in [0, 0.05) is 18.4 Å². The maximum Gasteiger partial charge on any atom is 0.119 e. The van der Waals surface area contributed by atoms with Crippen molar-refractivity contribution in [2.24, 2.45) is 0 Å². The van der Waals surface area contributed by atoms with Crippen molar-refractivity contribution in [2.45, 2.75) is 38.5 Å². The van der Waals surface area contributed by atoms with Crippen LogP contribution in [0.3, 0.4) is 0 Å². The summed E-state index contributed by atoms with van der Waals surface area (Å²) in [6.45, 7) is 4.08. The van der Waals surface area contributed by atoms with E-state index in [1.165, 1.54) is 22.3 Å². The SMILES string of the molecule is COc1ccc2c(c1)C[C@@H](c1cccnc1)N[C@H]2c1ccc(OC(C)C)cc1. The third-order valence-electron chi connectivity index (χ3n) is 5.13. The fourth-order valence-corrected chi connectivity index (χ4v) is 3.82. The summed E-state index contributed by atoms with van der Waals surface area (Å²) in [5, 5.41) is 3.82. The van der Waals surface area contributed by atoms with E-state index in [-0.39, 0.29) is 18.2 Å². The number of nitrogens with one attached hydrogen (secondary N) is 1. The second-order valence-corrected chi connectivity index (χ2v) is 7.44.